The first-order valence-electron chi connectivity index (χ1n) is 21.3. The zero-order valence-electron chi connectivity index (χ0n) is 34.8. The fraction of sp³-hybridized carbons (Fsp3) is 0.522. The molecule has 2 aromatic carbocycles. The second-order valence-corrected chi connectivity index (χ2v) is 19.9. The number of rotatable bonds is 20. The molecule has 2 atom stereocenters. The minimum absolute atomic E-state index is 0.0337. The highest BCUT2D eigenvalue weighted by molar-refractivity contribution is 7.35. The van der Waals surface area contributed by atoms with E-state index in [-0.39, 0.29) is 77.0 Å². The Hall–Kier alpha value is -4.70. The highest BCUT2D eigenvalue weighted by Crippen LogP contribution is 2.50. The molecule has 0 spiro atoms. The number of hydrogen-bond donors (Lipinski definition) is 0. The molecule has 0 amide bonds. The van der Waals surface area contributed by atoms with E-state index in [1.807, 2.05) is 0 Å². The highest BCUT2D eigenvalue weighted by atomic mass is 32.1. The Morgan fingerprint density at radius 3 is 1.10 bits per heavy atom. The molecule has 0 bridgehead atoms. The number of unbranched alkanes of at least 4 members (excludes halogenated alkanes) is 8. The summed E-state index contributed by atoms with van der Waals surface area (Å²) in [6.45, 7) is 24.9. The van der Waals surface area contributed by atoms with Gasteiger partial charge in [0.25, 0.3) is 32.2 Å². The van der Waals surface area contributed by atoms with Gasteiger partial charge in [0.05, 0.1) is 44.1 Å². The Bertz CT molecular complexity index is 2640. The summed E-state index contributed by atoms with van der Waals surface area (Å²) in [5, 5.41) is 21.6. The van der Waals surface area contributed by atoms with E-state index < -0.39 is 22.2 Å². The predicted octanol–water partition coefficient (Wildman–Crippen LogP) is 13.1. The van der Waals surface area contributed by atoms with Crippen LogP contribution in [0, 0.1) is 47.6 Å². The molecule has 0 saturated carbocycles. The summed E-state index contributed by atoms with van der Waals surface area (Å²) in [5.41, 5.74) is -2.24. The number of benzene rings is 2. The van der Waals surface area contributed by atoms with Gasteiger partial charge in [-0.1, -0.05) is 105 Å². The molecule has 6 aromatic rings. The average Bonchev–Trinajstić information content (AvgIpc) is 3.26. The van der Waals surface area contributed by atoms with E-state index in [1.54, 1.807) is 0 Å². The van der Waals surface area contributed by atoms with Crippen LogP contribution in [0.25, 0.3) is 60.8 Å². The lowest BCUT2D eigenvalue weighted by Crippen LogP contribution is -2.38. The van der Waals surface area contributed by atoms with Gasteiger partial charge in [-0.15, -0.1) is 22.7 Å². The fourth-order valence-electron chi connectivity index (χ4n) is 8.66. The first kappa shape index (κ1) is 44.8. The van der Waals surface area contributed by atoms with Gasteiger partial charge in [0.2, 0.25) is 0 Å². The lowest BCUT2D eigenvalue weighted by molar-refractivity contribution is 0.356. The maximum absolute atomic E-state index is 15.2. The van der Waals surface area contributed by atoms with Gasteiger partial charge < -0.3 is 0 Å². The number of fused-ring (bicyclic) bond motifs is 6. The standard InChI is InChI=1S/C46H50N6O4S4/c1-7-11-15-17-21-27(19-13-9-3)25-51-43(53)33-31-32-34(38-37(33)57-29(23-47)30(24-48)58-38)44(54)52(26-28(20-14-10-4)22-18-16-12-8-2)46(56)36(32)40-39(35(31)45(51)55)59-41(49-5)42(50-6)60-40/h27-28H,7-22,25-26H2,1-4H3. The van der Waals surface area contributed by atoms with Crippen molar-refractivity contribution in [1.29, 1.82) is 10.5 Å². The van der Waals surface area contributed by atoms with E-state index in [1.165, 1.54) is 9.13 Å². The van der Waals surface area contributed by atoms with E-state index in [2.05, 4.69) is 49.5 Å². The zero-order valence-corrected chi connectivity index (χ0v) is 38.1. The van der Waals surface area contributed by atoms with Crippen molar-refractivity contribution in [2.45, 2.75) is 144 Å². The molecular weight excluding hydrogens is 829 g/mol. The normalized spacial score (nSPS) is 12.6. The van der Waals surface area contributed by atoms with Crippen molar-refractivity contribution in [3.63, 3.8) is 0 Å². The van der Waals surface area contributed by atoms with Crippen LogP contribution in [0.2, 0.25) is 0 Å². The second-order valence-electron chi connectivity index (χ2n) is 15.8. The van der Waals surface area contributed by atoms with E-state index in [4.69, 9.17) is 13.1 Å². The van der Waals surface area contributed by atoms with Crippen molar-refractivity contribution in [1.82, 2.24) is 9.13 Å². The molecule has 0 N–H and O–H groups in total. The second kappa shape index (κ2) is 20.2. The molecule has 0 aliphatic carbocycles. The number of aromatic nitrogens is 2. The Labute approximate surface area is 365 Å². The summed E-state index contributed by atoms with van der Waals surface area (Å²) in [7, 11) is 0. The summed E-state index contributed by atoms with van der Waals surface area (Å²) in [6.07, 6.45) is 15.5. The van der Waals surface area contributed by atoms with Crippen LogP contribution in [0.3, 0.4) is 0 Å². The maximum atomic E-state index is 15.2. The molecule has 60 heavy (non-hydrogen) atoms. The first-order chi connectivity index (χ1) is 29.1. The molecule has 0 aliphatic heterocycles. The number of nitrogens with zero attached hydrogens (tertiary/aromatic N) is 6. The first-order valence-corrected chi connectivity index (χ1v) is 24.6. The van der Waals surface area contributed by atoms with Crippen molar-refractivity contribution in [2.75, 3.05) is 0 Å². The molecule has 4 heterocycles. The minimum atomic E-state index is -0.563. The summed E-state index contributed by atoms with van der Waals surface area (Å²) >= 11 is 3.85. The zero-order chi connectivity index (χ0) is 43.1. The van der Waals surface area contributed by atoms with Crippen LogP contribution in [0.1, 0.15) is 140 Å². The lowest BCUT2D eigenvalue weighted by Gasteiger charge is -2.22. The van der Waals surface area contributed by atoms with E-state index in [0.29, 0.717) is 18.8 Å². The van der Waals surface area contributed by atoms with Crippen molar-refractivity contribution < 1.29 is 0 Å². The molecule has 4 aromatic heterocycles. The van der Waals surface area contributed by atoms with E-state index in [9.17, 15) is 10.5 Å². The SMILES string of the molecule is [C-]#[N+]c1sc2c(sc1[N+]#[C-])c1c(=O)n(CC(CCCC)CCCCCC)c(=O)c3c4sc(C#N)c(C#N)sc4c4c(=O)n(CC(CCCC)CCCCCC)c(=O)c2c4c31. The largest absolute Gasteiger partial charge is 0.274 e. The van der Waals surface area contributed by atoms with Crippen molar-refractivity contribution in [3.8, 4) is 12.1 Å². The summed E-state index contributed by atoms with van der Waals surface area (Å²) in [5.74, 6) is 0.0674. The molecule has 6 rings (SSSR count). The van der Waals surface area contributed by atoms with Gasteiger partial charge in [0, 0.05) is 33.3 Å². The number of pyridine rings is 2. The third-order valence-corrected chi connectivity index (χ3v) is 16.7. The average molecular weight is 879 g/mol. The van der Waals surface area contributed by atoms with Gasteiger partial charge in [-0.3, -0.25) is 28.3 Å². The minimum Gasteiger partial charge on any atom is -0.274 e. The van der Waals surface area contributed by atoms with Crippen LogP contribution in [-0.2, 0) is 13.1 Å². The summed E-state index contributed by atoms with van der Waals surface area (Å²) < 4.78 is 3.90. The quantitative estimate of drug-likeness (QED) is 0.0324. The lowest BCUT2D eigenvalue weighted by atomic mass is 9.93. The van der Waals surface area contributed by atoms with Gasteiger partial charge in [-0.05, 0) is 37.5 Å². The van der Waals surface area contributed by atoms with E-state index >= 15 is 19.2 Å². The Kier molecular flexibility index (Phi) is 15.1. The van der Waals surface area contributed by atoms with Crippen molar-refractivity contribution in [2.24, 2.45) is 11.8 Å². The van der Waals surface area contributed by atoms with Crippen molar-refractivity contribution in [3.05, 3.63) is 74.0 Å². The smallest absolute Gasteiger partial charge is 0.262 e. The molecule has 0 saturated heterocycles. The van der Waals surface area contributed by atoms with Crippen LogP contribution < -0.4 is 22.2 Å². The molecule has 312 valence electrons. The van der Waals surface area contributed by atoms with Crippen LogP contribution in [0.5, 0.6) is 0 Å². The third kappa shape index (κ3) is 8.46. The van der Waals surface area contributed by atoms with Gasteiger partial charge >= 0.3 is 0 Å². The summed E-state index contributed by atoms with van der Waals surface area (Å²) in [6, 6.07) is 4.25. The third-order valence-electron chi connectivity index (χ3n) is 11.8. The van der Waals surface area contributed by atoms with Gasteiger partial charge in [-0.25, -0.2) is 9.69 Å². The fourth-order valence-corrected chi connectivity index (χ4v) is 13.1. The molecule has 0 aliphatic rings. The number of nitriles is 2. The monoisotopic (exact) mass is 878 g/mol. The van der Waals surface area contributed by atoms with Gasteiger partial charge in [0.15, 0.2) is 0 Å². The molecule has 14 heteroatoms. The summed E-state index contributed by atoms with van der Waals surface area (Å²) in [4.78, 5) is 68.2. The highest BCUT2D eigenvalue weighted by Gasteiger charge is 2.31. The van der Waals surface area contributed by atoms with Gasteiger partial charge in [0.1, 0.15) is 21.9 Å². The van der Waals surface area contributed by atoms with Crippen LogP contribution in [0.4, 0.5) is 10.0 Å². The van der Waals surface area contributed by atoms with Crippen LogP contribution in [0.15, 0.2) is 19.2 Å². The van der Waals surface area contributed by atoms with Gasteiger partial charge in [-0.2, -0.15) is 33.2 Å². The molecule has 0 radical (unpaired) electrons. The van der Waals surface area contributed by atoms with Crippen molar-refractivity contribution >= 4 is 106 Å². The topological polar surface area (TPSA) is 134 Å². The predicted molar refractivity (Wildman–Crippen MR) is 252 cm³/mol. The number of hydrogen-bond acceptors (Lipinski definition) is 10. The van der Waals surface area contributed by atoms with Crippen LogP contribution in [-0.4, -0.2) is 9.13 Å². The Morgan fingerprint density at radius 2 is 0.800 bits per heavy atom. The maximum Gasteiger partial charge on any atom is 0.262 e. The molecule has 2 unspecified atom stereocenters. The Balaban J connectivity index is 1.83. The Morgan fingerprint density at radius 1 is 0.483 bits per heavy atom. The molecule has 10 nitrogen and oxygen atoms in total. The molecular formula is C46H50N6O4S4. The van der Waals surface area contributed by atoms with Crippen LogP contribution >= 0.6 is 45.3 Å². The van der Waals surface area contributed by atoms with E-state index in [0.717, 1.165) is 148 Å². The molecule has 0 fully saturated rings.